The third-order valence-corrected chi connectivity index (χ3v) is 3.87. The molecule has 0 unspecified atom stereocenters. The first-order valence-electron chi connectivity index (χ1n) is 7.58. The maximum Gasteiger partial charge on any atom is 0.405 e. The predicted octanol–water partition coefficient (Wildman–Crippen LogP) is 3.45. The molecule has 0 aliphatic carbocycles. The van der Waals surface area contributed by atoms with Gasteiger partial charge in [0.05, 0.1) is 12.6 Å². The highest BCUT2D eigenvalue weighted by atomic mass is 19.2. The van der Waals surface area contributed by atoms with Crippen LogP contribution in [0.5, 0.6) is 5.75 Å². The summed E-state index contributed by atoms with van der Waals surface area (Å²) in [6.45, 7) is 0.0762. The van der Waals surface area contributed by atoms with Gasteiger partial charge < -0.3 is 20.5 Å². The number of nitrogens with one attached hydrogen (secondary N) is 2. The Balaban J connectivity index is 1.95. The highest BCUT2D eigenvalue weighted by Crippen LogP contribution is 2.36. The van der Waals surface area contributed by atoms with Crippen LogP contribution in [0.4, 0.5) is 23.7 Å². The standard InChI is InChI=1S/C17H13F3N2O4/c18-10-3-1-8(7-12(10)20)21-16(23)14-11(19)4-2-9-13(22-17(24)25)5-6-26-15(9)14/h1-4,7,13,22H,5-6H2,(H,21,23)(H,24,25)/t13-/m0/s1. The summed E-state index contributed by atoms with van der Waals surface area (Å²) in [4.78, 5) is 23.3. The summed E-state index contributed by atoms with van der Waals surface area (Å²) in [5.41, 5.74) is -0.193. The molecule has 2 aromatic carbocycles. The first-order valence-corrected chi connectivity index (χ1v) is 7.58. The molecule has 0 fully saturated rings. The highest BCUT2D eigenvalue weighted by Gasteiger charge is 2.29. The number of anilines is 1. The molecule has 0 radical (unpaired) electrons. The molecule has 0 aromatic heterocycles. The van der Waals surface area contributed by atoms with Gasteiger partial charge in [-0.3, -0.25) is 4.79 Å². The van der Waals surface area contributed by atoms with Gasteiger partial charge in [-0.15, -0.1) is 0 Å². The molecule has 26 heavy (non-hydrogen) atoms. The van der Waals surface area contributed by atoms with Crippen molar-refractivity contribution in [3.8, 4) is 5.75 Å². The summed E-state index contributed by atoms with van der Waals surface area (Å²) in [5, 5.41) is 13.4. The van der Waals surface area contributed by atoms with Gasteiger partial charge in [0.2, 0.25) is 0 Å². The third kappa shape index (κ3) is 3.41. The molecule has 0 saturated carbocycles. The SMILES string of the molecule is O=C(O)N[C@H]1CCOc2c1ccc(F)c2C(=O)Nc1ccc(F)c(F)c1. The van der Waals surface area contributed by atoms with Gasteiger partial charge in [0.25, 0.3) is 5.91 Å². The Kier molecular flexibility index (Phi) is 4.70. The van der Waals surface area contributed by atoms with E-state index in [4.69, 9.17) is 9.84 Å². The Labute approximate surface area is 145 Å². The maximum absolute atomic E-state index is 14.3. The average molecular weight is 366 g/mol. The third-order valence-electron chi connectivity index (χ3n) is 3.87. The summed E-state index contributed by atoms with van der Waals surface area (Å²) >= 11 is 0. The highest BCUT2D eigenvalue weighted by molar-refractivity contribution is 6.06. The fraction of sp³-hybridized carbons (Fsp3) is 0.176. The zero-order valence-electron chi connectivity index (χ0n) is 13.2. The molecule has 6 nitrogen and oxygen atoms in total. The Morgan fingerprint density at radius 3 is 2.50 bits per heavy atom. The number of rotatable bonds is 3. The molecule has 2 aromatic rings. The topological polar surface area (TPSA) is 87.7 Å². The molecule has 136 valence electrons. The molecule has 1 aliphatic heterocycles. The second kappa shape index (κ2) is 6.95. The molecule has 0 spiro atoms. The van der Waals surface area contributed by atoms with Crippen LogP contribution in [-0.2, 0) is 0 Å². The van der Waals surface area contributed by atoms with Crippen molar-refractivity contribution in [2.24, 2.45) is 0 Å². The molecule has 1 atom stereocenters. The number of hydrogen-bond acceptors (Lipinski definition) is 3. The first-order chi connectivity index (χ1) is 12.4. The summed E-state index contributed by atoms with van der Waals surface area (Å²) in [7, 11) is 0. The van der Waals surface area contributed by atoms with Gasteiger partial charge in [0.1, 0.15) is 17.1 Å². The van der Waals surface area contributed by atoms with Crippen LogP contribution >= 0.6 is 0 Å². The average Bonchev–Trinajstić information content (AvgIpc) is 2.57. The van der Waals surface area contributed by atoms with Crippen molar-refractivity contribution in [3.05, 3.63) is 58.9 Å². The minimum absolute atomic E-state index is 0.0677. The Morgan fingerprint density at radius 1 is 1.08 bits per heavy atom. The number of carbonyl (C=O) groups excluding carboxylic acids is 1. The minimum atomic E-state index is -1.26. The number of ether oxygens (including phenoxy) is 1. The van der Waals surface area contributed by atoms with Crippen LogP contribution in [0.15, 0.2) is 30.3 Å². The second-order valence-corrected chi connectivity index (χ2v) is 5.56. The van der Waals surface area contributed by atoms with E-state index in [9.17, 15) is 22.8 Å². The first kappa shape index (κ1) is 17.6. The zero-order valence-corrected chi connectivity index (χ0v) is 13.2. The summed E-state index contributed by atoms with van der Waals surface area (Å²) in [6, 6.07) is 4.40. The second-order valence-electron chi connectivity index (χ2n) is 5.56. The summed E-state index contributed by atoms with van der Waals surface area (Å²) in [5.74, 6) is -4.16. The van der Waals surface area contributed by atoms with Crippen molar-refractivity contribution in [2.45, 2.75) is 12.5 Å². The van der Waals surface area contributed by atoms with Crippen molar-refractivity contribution in [1.29, 1.82) is 0 Å². The lowest BCUT2D eigenvalue weighted by Gasteiger charge is -2.27. The van der Waals surface area contributed by atoms with Gasteiger partial charge >= 0.3 is 6.09 Å². The molecule has 3 rings (SSSR count). The minimum Gasteiger partial charge on any atom is -0.492 e. The van der Waals surface area contributed by atoms with Crippen LogP contribution < -0.4 is 15.4 Å². The number of halogens is 3. The summed E-state index contributed by atoms with van der Waals surface area (Å²) in [6.07, 6.45) is -0.949. The van der Waals surface area contributed by atoms with Gasteiger partial charge in [-0.25, -0.2) is 18.0 Å². The van der Waals surface area contributed by atoms with Crippen molar-refractivity contribution in [3.63, 3.8) is 0 Å². The van der Waals surface area contributed by atoms with Crippen LogP contribution in [-0.4, -0.2) is 23.7 Å². The molecule has 0 bridgehead atoms. The fourth-order valence-corrected chi connectivity index (χ4v) is 2.72. The monoisotopic (exact) mass is 366 g/mol. The number of carboxylic acid groups (broad SMARTS) is 1. The molecular formula is C17H13F3N2O4. The van der Waals surface area contributed by atoms with Gasteiger partial charge in [-0.2, -0.15) is 0 Å². The lowest BCUT2D eigenvalue weighted by Crippen LogP contribution is -2.32. The van der Waals surface area contributed by atoms with Gasteiger partial charge in [-0.1, -0.05) is 6.07 Å². The number of fused-ring (bicyclic) bond motifs is 1. The van der Waals surface area contributed by atoms with Crippen molar-refractivity contribution in [1.82, 2.24) is 5.32 Å². The van der Waals surface area contributed by atoms with E-state index in [2.05, 4.69) is 10.6 Å². The lowest BCUT2D eigenvalue weighted by atomic mass is 9.97. The van der Waals surface area contributed by atoms with Crippen LogP contribution in [0.3, 0.4) is 0 Å². The molecule has 2 amide bonds. The van der Waals surface area contributed by atoms with Crippen LogP contribution in [0.25, 0.3) is 0 Å². The number of hydrogen-bond donors (Lipinski definition) is 3. The predicted molar refractivity (Wildman–Crippen MR) is 84.7 cm³/mol. The smallest absolute Gasteiger partial charge is 0.405 e. The van der Waals surface area contributed by atoms with Crippen LogP contribution in [0.1, 0.15) is 28.4 Å². The van der Waals surface area contributed by atoms with E-state index in [0.29, 0.717) is 12.0 Å². The van der Waals surface area contributed by atoms with Crippen molar-refractivity contribution < 1.29 is 32.6 Å². The Bertz CT molecular complexity index is 889. The van der Waals surface area contributed by atoms with Gasteiger partial charge in [0.15, 0.2) is 11.6 Å². The lowest BCUT2D eigenvalue weighted by molar-refractivity contribution is 0.101. The van der Waals surface area contributed by atoms with Crippen LogP contribution in [0, 0.1) is 17.5 Å². The number of carbonyl (C=O) groups is 2. The largest absolute Gasteiger partial charge is 0.492 e. The van der Waals surface area contributed by atoms with Gasteiger partial charge in [0, 0.05) is 23.7 Å². The normalized spacial score (nSPS) is 15.6. The fourth-order valence-electron chi connectivity index (χ4n) is 2.72. The maximum atomic E-state index is 14.3. The summed E-state index contributed by atoms with van der Waals surface area (Å²) < 4.78 is 45.9. The zero-order chi connectivity index (χ0) is 18.8. The quantitative estimate of drug-likeness (QED) is 0.777. The molecule has 9 heteroatoms. The van der Waals surface area contributed by atoms with E-state index in [1.54, 1.807) is 0 Å². The van der Waals surface area contributed by atoms with Crippen LogP contribution in [0.2, 0.25) is 0 Å². The van der Waals surface area contributed by atoms with E-state index in [0.717, 1.165) is 24.3 Å². The van der Waals surface area contributed by atoms with E-state index in [-0.39, 0.29) is 18.0 Å². The van der Waals surface area contributed by atoms with E-state index in [1.165, 1.54) is 6.07 Å². The van der Waals surface area contributed by atoms with E-state index >= 15 is 0 Å². The van der Waals surface area contributed by atoms with E-state index in [1.807, 2.05) is 0 Å². The molecule has 3 N–H and O–H groups in total. The van der Waals surface area contributed by atoms with Gasteiger partial charge in [-0.05, 0) is 18.2 Å². The molecule has 0 saturated heterocycles. The number of amides is 2. The van der Waals surface area contributed by atoms with E-state index < -0.39 is 41.1 Å². The molecule has 1 aliphatic rings. The van der Waals surface area contributed by atoms with Crippen molar-refractivity contribution >= 4 is 17.7 Å². The number of benzene rings is 2. The molecular weight excluding hydrogens is 353 g/mol. The van der Waals surface area contributed by atoms with Crippen molar-refractivity contribution in [2.75, 3.05) is 11.9 Å². The molecule has 1 heterocycles. The Hall–Kier alpha value is -3.23. The Morgan fingerprint density at radius 2 is 1.81 bits per heavy atom.